The zero-order chi connectivity index (χ0) is 19.4. The molecule has 1 N–H and O–H groups in total. The minimum Gasteiger partial charge on any atom is -0.497 e. The summed E-state index contributed by atoms with van der Waals surface area (Å²) in [5, 5.41) is 7.17. The summed E-state index contributed by atoms with van der Waals surface area (Å²) in [5.41, 5.74) is 1.86. The Kier molecular flexibility index (Phi) is 5.52. The van der Waals surface area contributed by atoms with Crippen LogP contribution in [0.15, 0.2) is 53.5 Å². The first-order valence-electron chi connectivity index (χ1n) is 8.11. The second-order valence-electron chi connectivity index (χ2n) is 5.79. The average Bonchev–Trinajstić information content (AvgIpc) is 2.66. The van der Waals surface area contributed by atoms with Crippen molar-refractivity contribution >= 4 is 23.2 Å². The number of amides is 1. The van der Waals surface area contributed by atoms with Gasteiger partial charge < -0.3 is 10.1 Å². The fourth-order valence-electron chi connectivity index (χ4n) is 2.48. The molecule has 0 saturated carbocycles. The number of benzene rings is 2. The highest BCUT2D eigenvalue weighted by atomic mass is 35.5. The Morgan fingerprint density at radius 1 is 1.22 bits per heavy atom. The van der Waals surface area contributed by atoms with Crippen molar-refractivity contribution in [3.05, 3.63) is 69.7 Å². The molecule has 0 atom stereocenters. The third kappa shape index (κ3) is 4.32. The number of nitrogens with one attached hydrogen (secondary N) is 1. The number of rotatable bonds is 5. The van der Waals surface area contributed by atoms with E-state index in [4.69, 9.17) is 16.3 Å². The van der Waals surface area contributed by atoms with Crippen LogP contribution in [-0.2, 0) is 11.3 Å². The lowest BCUT2D eigenvalue weighted by atomic mass is 10.1. The van der Waals surface area contributed by atoms with Gasteiger partial charge in [0.15, 0.2) is 0 Å². The topological polar surface area (TPSA) is 86.1 Å². The van der Waals surface area contributed by atoms with Gasteiger partial charge in [-0.1, -0.05) is 23.7 Å². The molecule has 27 heavy (non-hydrogen) atoms. The molecular formula is C19H17ClN4O3. The summed E-state index contributed by atoms with van der Waals surface area (Å²) in [6.07, 6.45) is 1.44. The van der Waals surface area contributed by atoms with E-state index in [1.165, 1.54) is 6.20 Å². The molecule has 0 bridgehead atoms. The highest BCUT2D eigenvalue weighted by molar-refractivity contribution is 6.33. The molecule has 0 aliphatic carbocycles. The fraction of sp³-hybridized carbons (Fsp3) is 0.158. The maximum atomic E-state index is 12.3. The molecule has 2 aromatic carbocycles. The van der Waals surface area contributed by atoms with Crippen LogP contribution < -0.4 is 15.7 Å². The van der Waals surface area contributed by atoms with Gasteiger partial charge in [0.2, 0.25) is 5.91 Å². The van der Waals surface area contributed by atoms with Crippen molar-refractivity contribution in [1.29, 1.82) is 0 Å². The zero-order valence-corrected chi connectivity index (χ0v) is 15.5. The number of aryl methyl sites for hydroxylation is 1. The first-order chi connectivity index (χ1) is 13.0. The number of ether oxygens (including phenoxy) is 1. The molecule has 8 heteroatoms. The maximum Gasteiger partial charge on any atom is 0.365 e. The minimum atomic E-state index is -0.616. The van der Waals surface area contributed by atoms with Gasteiger partial charge in [-0.15, -0.1) is 0 Å². The van der Waals surface area contributed by atoms with Crippen molar-refractivity contribution in [1.82, 2.24) is 14.8 Å². The molecular weight excluding hydrogens is 368 g/mol. The normalized spacial score (nSPS) is 10.5. The Morgan fingerprint density at radius 3 is 2.59 bits per heavy atom. The number of hydrogen-bond donors (Lipinski definition) is 1. The number of halogens is 1. The summed E-state index contributed by atoms with van der Waals surface area (Å²) < 4.78 is 6.10. The molecule has 3 rings (SSSR count). The Balaban J connectivity index is 1.76. The van der Waals surface area contributed by atoms with Crippen LogP contribution in [0, 0.1) is 6.92 Å². The van der Waals surface area contributed by atoms with Gasteiger partial charge in [0.25, 0.3) is 0 Å². The van der Waals surface area contributed by atoms with E-state index >= 15 is 0 Å². The van der Waals surface area contributed by atoms with Crippen LogP contribution in [0.5, 0.6) is 5.75 Å². The third-order valence-corrected chi connectivity index (χ3v) is 4.24. The Bertz CT molecular complexity index is 1010. The van der Waals surface area contributed by atoms with Gasteiger partial charge in [-0.05, 0) is 42.8 Å². The number of aromatic nitrogens is 3. The van der Waals surface area contributed by atoms with E-state index in [0.29, 0.717) is 22.2 Å². The number of nitrogens with zero attached hydrogens (tertiary/aromatic N) is 3. The van der Waals surface area contributed by atoms with Crippen molar-refractivity contribution in [3.8, 4) is 17.0 Å². The van der Waals surface area contributed by atoms with E-state index in [-0.39, 0.29) is 6.54 Å². The monoisotopic (exact) mass is 384 g/mol. The van der Waals surface area contributed by atoms with Crippen LogP contribution in [0.1, 0.15) is 5.56 Å². The van der Waals surface area contributed by atoms with Gasteiger partial charge in [-0.2, -0.15) is 10.1 Å². The van der Waals surface area contributed by atoms with E-state index in [1.807, 2.05) is 13.0 Å². The maximum absolute atomic E-state index is 12.3. The lowest BCUT2D eigenvalue weighted by molar-refractivity contribution is -0.117. The fourth-order valence-corrected chi connectivity index (χ4v) is 2.75. The third-order valence-electron chi connectivity index (χ3n) is 3.92. The summed E-state index contributed by atoms with van der Waals surface area (Å²) >= 11 is 6.10. The van der Waals surface area contributed by atoms with E-state index < -0.39 is 11.6 Å². The predicted molar refractivity (Wildman–Crippen MR) is 103 cm³/mol. The molecule has 0 aliphatic rings. The van der Waals surface area contributed by atoms with Gasteiger partial charge in [-0.3, -0.25) is 4.79 Å². The minimum absolute atomic E-state index is 0.264. The Morgan fingerprint density at radius 2 is 1.96 bits per heavy atom. The van der Waals surface area contributed by atoms with E-state index in [9.17, 15) is 9.59 Å². The van der Waals surface area contributed by atoms with Crippen LogP contribution in [0.2, 0.25) is 5.02 Å². The summed E-state index contributed by atoms with van der Waals surface area (Å²) in [7, 11) is 1.57. The highest BCUT2D eigenvalue weighted by Crippen LogP contribution is 2.25. The molecule has 1 aromatic heterocycles. The van der Waals surface area contributed by atoms with Gasteiger partial charge in [0.05, 0.1) is 29.7 Å². The Labute approximate surface area is 160 Å². The number of anilines is 1. The van der Waals surface area contributed by atoms with Crippen LogP contribution in [0.3, 0.4) is 0 Å². The molecule has 0 aliphatic heterocycles. The molecule has 138 valence electrons. The number of methoxy groups -OCH3 is 1. The molecule has 0 saturated heterocycles. The smallest absolute Gasteiger partial charge is 0.365 e. The standard InChI is InChI=1S/C19H17ClN4O3/c1-12-4-3-5-15(20)18(12)23-17(25)11-24-19(26)22-16(10-21-24)13-6-8-14(27-2)9-7-13/h3-10H,11H2,1-2H3,(H,23,25). The van der Waals surface area contributed by atoms with Gasteiger partial charge in [0.1, 0.15) is 12.3 Å². The van der Waals surface area contributed by atoms with Crippen molar-refractivity contribution < 1.29 is 9.53 Å². The molecule has 0 unspecified atom stereocenters. The van der Waals surface area contributed by atoms with Gasteiger partial charge in [0, 0.05) is 5.56 Å². The molecule has 7 nitrogen and oxygen atoms in total. The summed E-state index contributed by atoms with van der Waals surface area (Å²) in [6, 6.07) is 12.4. The van der Waals surface area contributed by atoms with Crippen molar-refractivity contribution in [3.63, 3.8) is 0 Å². The lowest BCUT2D eigenvalue weighted by Gasteiger charge is -2.10. The summed E-state index contributed by atoms with van der Waals surface area (Å²) in [6.45, 7) is 1.57. The number of para-hydroxylation sites is 1. The van der Waals surface area contributed by atoms with Crippen LogP contribution in [-0.4, -0.2) is 27.8 Å². The first-order valence-corrected chi connectivity index (χ1v) is 8.49. The van der Waals surface area contributed by atoms with E-state index in [1.54, 1.807) is 43.5 Å². The van der Waals surface area contributed by atoms with Crippen molar-refractivity contribution in [2.24, 2.45) is 0 Å². The number of carbonyl (C=O) groups excluding carboxylic acids is 1. The van der Waals surface area contributed by atoms with Crippen molar-refractivity contribution in [2.45, 2.75) is 13.5 Å². The SMILES string of the molecule is COc1ccc(-c2cnn(CC(=O)Nc3c(C)cccc3Cl)c(=O)n2)cc1. The number of carbonyl (C=O) groups is 1. The largest absolute Gasteiger partial charge is 0.497 e. The summed E-state index contributed by atoms with van der Waals surface area (Å²) in [4.78, 5) is 28.5. The second-order valence-corrected chi connectivity index (χ2v) is 6.20. The Hall–Kier alpha value is -3.19. The van der Waals surface area contributed by atoms with Gasteiger partial charge >= 0.3 is 5.69 Å². The van der Waals surface area contributed by atoms with E-state index in [0.717, 1.165) is 15.8 Å². The average molecular weight is 385 g/mol. The molecule has 0 fully saturated rings. The quantitative estimate of drug-likeness (QED) is 0.731. The second kappa shape index (κ2) is 8.01. The van der Waals surface area contributed by atoms with Crippen LogP contribution in [0.25, 0.3) is 11.3 Å². The summed E-state index contributed by atoms with van der Waals surface area (Å²) in [5.74, 6) is 0.284. The molecule has 1 amide bonds. The van der Waals surface area contributed by atoms with Crippen LogP contribution in [0.4, 0.5) is 5.69 Å². The zero-order valence-electron chi connectivity index (χ0n) is 14.8. The van der Waals surface area contributed by atoms with Crippen molar-refractivity contribution in [2.75, 3.05) is 12.4 Å². The molecule has 0 radical (unpaired) electrons. The number of hydrogen-bond acceptors (Lipinski definition) is 5. The highest BCUT2D eigenvalue weighted by Gasteiger charge is 2.12. The van der Waals surface area contributed by atoms with Crippen LogP contribution >= 0.6 is 11.6 Å². The molecule has 1 heterocycles. The van der Waals surface area contributed by atoms with Gasteiger partial charge in [-0.25, -0.2) is 9.48 Å². The molecule has 3 aromatic rings. The molecule has 0 spiro atoms. The lowest BCUT2D eigenvalue weighted by Crippen LogP contribution is -2.31. The van der Waals surface area contributed by atoms with E-state index in [2.05, 4.69) is 15.4 Å². The predicted octanol–water partition coefficient (Wildman–Crippen LogP) is 2.91. The first kappa shape index (κ1) is 18.6.